The highest BCUT2D eigenvalue weighted by Crippen LogP contribution is 2.41. The van der Waals surface area contributed by atoms with E-state index in [1.807, 2.05) is 0 Å². The van der Waals surface area contributed by atoms with Crippen molar-refractivity contribution >= 4 is 23.2 Å². The summed E-state index contributed by atoms with van der Waals surface area (Å²) in [5.41, 5.74) is 0.160. The Labute approximate surface area is 113 Å². The molecule has 18 heavy (non-hydrogen) atoms. The molecule has 1 unspecified atom stereocenters. The van der Waals surface area contributed by atoms with Gasteiger partial charge in [0.2, 0.25) is 0 Å². The van der Waals surface area contributed by atoms with Crippen molar-refractivity contribution in [2.45, 2.75) is 18.0 Å². The molecule has 2 nitrogen and oxygen atoms in total. The first-order chi connectivity index (χ1) is 8.28. The number of ether oxygens (including phenoxy) is 2. The molecule has 0 saturated heterocycles. The van der Waals surface area contributed by atoms with Crippen molar-refractivity contribution < 1.29 is 22.6 Å². The van der Waals surface area contributed by atoms with Gasteiger partial charge in [0.25, 0.3) is 0 Å². The summed E-state index contributed by atoms with van der Waals surface area (Å²) in [6.07, 6.45) is -5.52. The van der Waals surface area contributed by atoms with Gasteiger partial charge in [-0.25, -0.2) is 0 Å². The monoisotopic (exact) mass is 302 g/mol. The molecule has 1 aromatic carbocycles. The summed E-state index contributed by atoms with van der Waals surface area (Å²) < 4.78 is 46.8. The molecule has 0 heterocycles. The van der Waals surface area contributed by atoms with Gasteiger partial charge < -0.3 is 9.47 Å². The molecule has 0 aliphatic carbocycles. The lowest BCUT2D eigenvalue weighted by Crippen LogP contribution is -2.11. The van der Waals surface area contributed by atoms with Gasteiger partial charge in [0.15, 0.2) is 11.5 Å². The van der Waals surface area contributed by atoms with Gasteiger partial charge in [0.1, 0.15) is 0 Å². The summed E-state index contributed by atoms with van der Waals surface area (Å²) in [6, 6.07) is 2.73. The average Bonchev–Trinajstić information content (AvgIpc) is 2.26. The zero-order valence-electron chi connectivity index (χ0n) is 9.65. The number of rotatable bonds is 4. The van der Waals surface area contributed by atoms with Crippen molar-refractivity contribution in [3.05, 3.63) is 22.7 Å². The second-order valence-electron chi connectivity index (χ2n) is 3.52. The van der Waals surface area contributed by atoms with Crippen LogP contribution in [0.3, 0.4) is 0 Å². The molecule has 0 spiro atoms. The van der Waals surface area contributed by atoms with Gasteiger partial charge in [-0.3, -0.25) is 0 Å². The maximum Gasteiger partial charge on any atom is 0.390 e. The largest absolute Gasteiger partial charge is 0.493 e. The molecule has 0 aliphatic rings. The summed E-state index contributed by atoms with van der Waals surface area (Å²) >= 11 is 11.6. The molecular formula is C11H11Cl2F3O2. The van der Waals surface area contributed by atoms with E-state index in [1.54, 1.807) is 0 Å². The zero-order chi connectivity index (χ0) is 13.9. The van der Waals surface area contributed by atoms with E-state index >= 15 is 0 Å². The first kappa shape index (κ1) is 15.2. The molecule has 0 fully saturated rings. The van der Waals surface area contributed by atoms with Crippen LogP contribution in [0.5, 0.6) is 11.5 Å². The SMILES string of the molecule is COc1cc(Cl)c(C(Cl)CC(F)(F)F)cc1OC. The van der Waals surface area contributed by atoms with Crippen LogP contribution in [0.15, 0.2) is 12.1 Å². The molecule has 0 bridgehead atoms. The molecule has 0 radical (unpaired) electrons. The third-order valence-electron chi connectivity index (χ3n) is 2.25. The summed E-state index contributed by atoms with van der Waals surface area (Å²) in [7, 11) is 2.78. The van der Waals surface area contributed by atoms with Crippen molar-refractivity contribution in [2.24, 2.45) is 0 Å². The van der Waals surface area contributed by atoms with Crippen molar-refractivity contribution in [1.29, 1.82) is 0 Å². The Morgan fingerprint density at radius 3 is 2.11 bits per heavy atom. The Hall–Kier alpha value is -0.810. The summed E-state index contributed by atoms with van der Waals surface area (Å²) in [5, 5.41) is -1.16. The molecule has 1 aromatic rings. The third kappa shape index (κ3) is 3.85. The lowest BCUT2D eigenvalue weighted by Gasteiger charge is -2.16. The van der Waals surface area contributed by atoms with Gasteiger partial charge in [-0.15, -0.1) is 11.6 Å². The topological polar surface area (TPSA) is 18.5 Å². The number of halogens is 5. The maximum absolute atomic E-state index is 12.3. The Kier molecular flexibility index (Phi) is 4.99. The molecule has 1 rings (SSSR count). The van der Waals surface area contributed by atoms with Crippen LogP contribution in [0.25, 0.3) is 0 Å². The number of methoxy groups -OCH3 is 2. The smallest absolute Gasteiger partial charge is 0.390 e. The highest BCUT2D eigenvalue weighted by atomic mass is 35.5. The Balaban J connectivity index is 3.09. The second kappa shape index (κ2) is 5.89. The number of benzene rings is 1. The van der Waals surface area contributed by atoms with Crippen LogP contribution in [-0.2, 0) is 0 Å². The summed E-state index contributed by atoms with van der Waals surface area (Å²) in [4.78, 5) is 0. The van der Waals surface area contributed by atoms with Crippen LogP contribution in [0.4, 0.5) is 13.2 Å². The predicted molar refractivity (Wildman–Crippen MR) is 63.8 cm³/mol. The van der Waals surface area contributed by atoms with Crippen LogP contribution >= 0.6 is 23.2 Å². The van der Waals surface area contributed by atoms with Gasteiger partial charge >= 0.3 is 6.18 Å². The normalized spacial score (nSPS) is 13.3. The highest BCUT2D eigenvalue weighted by Gasteiger charge is 2.33. The molecule has 0 saturated carbocycles. The van der Waals surface area contributed by atoms with E-state index in [2.05, 4.69) is 0 Å². The summed E-state index contributed by atoms with van der Waals surface area (Å²) in [5.74, 6) is 0.617. The van der Waals surface area contributed by atoms with E-state index < -0.39 is 18.0 Å². The molecule has 102 valence electrons. The van der Waals surface area contributed by atoms with Crippen LogP contribution in [0.1, 0.15) is 17.4 Å². The van der Waals surface area contributed by atoms with E-state index in [9.17, 15) is 13.2 Å². The van der Waals surface area contributed by atoms with E-state index in [-0.39, 0.29) is 16.3 Å². The fourth-order valence-corrected chi connectivity index (χ4v) is 2.12. The molecule has 0 aliphatic heterocycles. The van der Waals surface area contributed by atoms with E-state index in [4.69, 9.17) is 32.7 Å². The van der Waals surface area contributed by atoms with Crippen LogP contribution in [-0.4, -0.2) is 20.4 Å². The quantitative estimate of drug-likeness (QED) is 0.757. The third-order valence-corrected chi connectivity index (χ3v) is 2.97. The van der Waals surface area contributed by atoms with E-state index in [0.29, 0.717) is 5.75 Å². The molecule has 1 atom stereocenters. The minimum Gasteiger partial charge on any atom is -0.493 e. The minimum absolute atomic E-state index is 0.108. The molecule has 7 heteroatoms. The standard InChI is InChI=1S/C11H11Cl2F3O2/c1-17-9-3-6(7(12)4-10(9)18-2)8(13)5-11(14,15)16/h3-4,8H,5H2,1-2H3. The number of alkyl halides is 4. The maximum atomic E-state index is 12.3. The van der Waals surface area contributed by atoms with Crippen molar-refractivity contribution in [3.8, 4) is 11.5 Å². The van der Waals surface area contributed by atoms with Gasteiger partial charge in [-0.1, -0.05) is 11.6 Å². The van der Waals surface area contributed by atoms with Gasteiger partial charge in [-0.2, -0.15) is 13.2 Å². The van der Waals surface area contributed by atoms with Gasteiger partial charge in [0.05, 0.1) is 26.0 Å². The number of hydrogen-bond acceptors (Lipinski definition) is 2. The Bertz CT molecular complexity index is 421. The molecule has 0 aromatic heterocycles. The predicted octanol–water partition coefficient (Wildman–Crippen LogP) is 4.59. The Morgan fingerprint density at radius 2 is 1.67 bits per heavy atom. The van der Waals surface area contributed by atoms with Crippen LogP contribution in [0, 0.1) is 0 Å². The molecule has 0 amide bonds. The van der Waals surface area contributed by atoms with Gasteiger partial charge in [-0.05, 0) is 11.6 Å². The average molecular weight is 303 g/mol. The first-order valence-corrected chi connectivity index (χ1v) is 5.72. The zero-order valence-corrected chi connectivity index (χ0v) is 11.2. The van der Waals surface area contributed by atoms with Crippen molar-refractivity contribution in [1.82, 2.24) is 0 Å². The lowest BCUT2D eigenvalue weighted by molar-refractivity contribution is -0.134. The van der Waals surface area contributed by atoms with Crippen molar-refractivity contribution in [2.75, 3.05) is 14.2 Å². The van der Waals surface area contributed by atoms with Crippen LogP contribution in [0.2, 0.25) is 5.02 Å². The second-order valence-corrected chi connectivity index (χ2v) is 4.45. The summed E-state index contributed by atoms with van der Waals surface area (Å²) in [6.45, 7) is 0. The first-order valence-electron chi connectivity index (χ1n) is 4.90. The highest BCUT2D eigenvalue weighted by molar-refractivity contribution is 6.33. The van der Waals surface area contributed by atoms with E-state index in [1.165, 1.54) is 26.4 Å². The van der Waals surface area contributed by atoms with Crippen molar-refractivity contribution in [3.63, 3.8) is 0 Å². The lowest BCUT2D eigenvalue weighted by atomic mass is 10.1. The van der Waals surface area contributed by atoms with Gasteiger partial charge in [0, 0.05) is 11.1 Å². The Morgan fingerprint density at radius 1 is 1.17 bits per heavy atom. The molecular weight excluding hydrogens is 292 g/mol. The minimum atomic E-state index is -4.36. The van der Waals surface area contributed by atoms with Crippen LogP contribution < -0.4 is 9.47 Å². The van der Waals surface area contributed by atoms with E-state index in [0.717, 1.165) is 0 Å². The fraction of sp³-hybridized carbons (Fsp3) is 0.455. The molecule has 0 N–H and O–H groups in total. The fourth-order valence-electron chi connectivity index (χ4n) is 1.42. The number of hydrogen-bond donors (Lipinski definition) is 0.